The summed E-state index contributed by atoms with van der Waals surface area (Å²) in [5.74, 6) is -2.80. The summed E-state index contributed by atoms with van der Waals surface area (Å²) in [7, 11) is 0. The van der Waals surface area contributed by atoms with Gasteiger partial charge in [0.25, 0.3) is 0 Å². The molecule has 0 amide bonds. The fourth-order valence-electron chi connectivity index (χ4n) is 8.45. The van der Waals surface area contributed by atoms with Crippen molar-refractivity contribution in [3.8, 4) is 0 Å². The van der Waals surface area contributed by atoms with Crippen molar-refractivity contribution in [3.05, 3.63) is 34.4 Å². The molecule has 10 atom stereocenters. The summed E-state index contributed by atoms with van der Waals surface area (Å²) >= 11 is 0. The van der Waals surface area contributed by atoms with Gasteiger partial charge < -0.3 is 29.6 Å². The smallest absolute Gasteiger partial charge is 0.335 e. The second-order valence-corrected chi connectivity index (χ2v) is 11.7. The SMILES string of the molecule is CC(=O)O[C@H]1C[C@]2(C)[C@H]3[C@H](O)C(=O)[C@]4(C)[C@@H](c5ccc(=O)oc5)CC[C@]4(O)[C@@H]3CC[C@]2(O)C[C@H]1O. The van der Waals surface area contributed by atoms with Gasteiger partial charge >= 0.3 is 11.6 Å². The summed E-state index contributed by atoms with van der Waals surface area (Å²) in [5.41, 5.74) is -5.13. The van der Waals surface area contributed by atoms with E-state index in [2.05, 4.69) is 0 Å². The van der Waals surface area contributed by atoms with E-state index in [1.54, 1.807) is 19.9 Å². The van der Waals surface area contributed by atoms with E-state index in [0.29, 0.717) is 24.8 Å². The van der Waals surface area contributed by atoms with E-state index in [0.717, 1.165) is 0 Å². The van der Waals surface area contributed by atoms with Crippen LogP contribution in [0.25, 0.3) is 0 Å². The Morgan fingerprint density at radius 2 is 1.80 bits per heavy atom. The van der Waals surface area contributed by atoms with Gasteiger partial charge in [-0.15, -0.1) is 0 Å². The summed E-state index contributed by atoms with van der Waals surface area (Å²) in [6, 6.07) is 2.89. The van der Waals surface area contributed by atoms with Gasteiger partial charge in [0.15, 0.2) is 5.78 Å². The van der Waals surface area contributed by atoms with Crippen LogP contribution >= 0.6 is 0 Å². The molecule has 4 N–H and O–H groups in total. The van der Waals surface area contributed by atoms with Crippen LogP contribution in [0.2, 0.25) is 0 Å². The second kappa shape index (κ2) is 7.71. The lowest BCUT2D eigenvalue weighted by Gasteiger charge is -2.66. The number of fused-ring (bicyclic) bond motifs is 5. The number of hydrogen-bond donors (Lipinski definition) is 4. The second-order valence-electron chi connectivity index (χ2n) is 11.7. The Balaban J connectivity index is 1.58. The molecule has 1 aromatic heterocycles. The molecular weight excluding hydrogens is 456 g/mol. The number of aliphatic hydroxyl groups excluding tert-OH is 2. The van der Waals surface area contributed by atoms with Crippen LogP contribution in [0.1, 0.15) is 70.8 Å². The number of hydrogen-bond acceptors (Lipinski definition) is 9. The zero-order valence-electron chi connectivity index (χ0n) is 20.3. The fourth-order valence-corrected chi connectivity index (χ4v) is 8.45. The van der Waals surface area contributed by atoms with Gasteiger partial charge in [0.2, 0.25) is 0 Å². The van der Waals surface area contributed by atoms with Crippen LogP contribution < -0.4 is 5.63 Å². The number of rotatable bonds is 2. The Kier molecular flexibility index (Phi) is 5.43. The average molecular weight is 491 g/mol. The number of aliphatic hydroxyl groups is 4. The quantitative estimate of drug-likeness (QED) is 0.445. The predicted molar refractivity (Wildman–Crippen MR) is 121 cm³/mol. The lowest BCUT2D eigenvalue weighted by Crippen LogP contribution is -2.74. The first-order valence-corrected chi connectivity index (χ1v) is 12.4. The van der Waals surface area contributed by atoms with Crippen LogP contribution in [0, 0.1) is 22.7 Å². The van der Waals surface area contributed by atoms with Crippen LogP contribution in [0.15, 0.2) is 27.6 Å². The summed E-state index contributed by atoms with van der Waals surface area (Å²) in [6.45, 7) is 4.71. The maximum Gasteiger partial charge on any atom is 0.335 e. The number of carbonyl (C=O) groups is 2. The van der Waals surface area contributed by atoms with Crippen molar-refractivity contribution in [2.75, 3.05) is 0 Å². The van der Waals surface area contributed by atoms with E-state index < -0.39 is 75.5 Å². The van der Waals surface area contributed by atoms with Crippen molar-refractivity contribution in [2.24, 2.45) is 22.7 Å². The molecule has 0 spiro atoms. The Bertz CT molecular complexity index is 1090. The van der Waals surface area contributed by atoms with Gasteiger partial charge in [0.05, 0.1) is 29.0 Å². The molecule has 4 aliphatic rings. The molecular formula is C26H34O9. The molecule has 35 heavy (non-hydrogen) atoms. The maximum absolute atomic E-state index is 14.0. The number of ether oxygens (including phenoxy) is 1. The Morgan fingerprint density at radius 1 is 1.09 bits per heavy atom. The summed E-state index contributed by atoms with van der Waals surface area (Å²) in [4.78, 5) is 37.1. The zero-order valence-corrected chi connectivity index (χ0v) is 20.3. The topological polar surface area (TPSA) is 154 Å². The third-order valence-electron chi connectivity index (χ3n) is 10.3. The van der Waals surface area contributed by atoms with E-state index in [4.69, 9.17) is 9.15 Å². The zero-order chi connectivity index (χ0) is 25.6. The summed E-state index contributed by atoms with van der Waals surface area (Å²) in [5, 5.41) is 46.1. The van der Waals surface area contributed by atoms with Gasteiger partial charge in [-0.3, -0.25) is 9.59 Å². The van der Waals surface area contributed by atoms with E-state index in [-0.39, 0.29) is 19.3 Å². The first-order chi connectivity index (χ1) is 16.3. The first kappa shape index (κ1) is 24.6. The van der Waals surface area contributed by atoms with Crippen molar-refractivity contribution in [1.29, 1.82) is 0 Å². The van der Waals surface area contributed by atoms with Crippen LogP contribution in [-0.2, 0) is 14.3 Å². The molecule has 9 heteroatoms. The minimum atomic E-state index is -1.47. The minimum Gasteiger partial charge on any atom is -0.460 e. The molecule has 0 saturated heterocycles. The molecule has 1 heterocycles. The molecule has 4 fully saturated rings. The molecule has 192 valence electrons. The molecule has 4 saturated carbocycles. The highest BCUT2D eigenvalue weighted by Gasteiger charge is 2.76. The van der Waals surface area contributed by atoms with Gasteiger partial charge in [-0.2, -0.15) is 0 Å². The van der Waals surface area contributed by atoms with Gasteiger partial charge in [-0.05, 0) is 56.6 Å². The molecule has 5 rings (SSSR count). The Morgan fingerprint density at radius 3 is 2.43 bits per heavy atom. The van der Waals surface area contributed by atoms with Crippen molar-refractivity contribution < 1.29 is 39.2 Å². The highest BCUT2D eigenvalue weighted by molar-refractivity contribution is 5.93. The van der Waals surface area contributed by atoms with Crippen molar-refractivity contribution in [1.82, 2.24) is 0 Å². The normalized spacial score (nSPS) is 49.1. The van der Waals surface area contributed by atoms with Crippen LogP contribution in [0.3, 0.4) is 0 Å². The monoisotopic (exact) mass is 490 g/mol. The van der Waals surface area contributed by atoms with E-state index >= 15 is 0 Å². The van der Waals surface area contributed by atoms with Crippen LogP contribution in [0.5, 0.6) is 0 Å². The molecule has 9 nitrogen and oxygen atoms in total. The third kappa shape index (κ3) is 3.11. The van der Waals surface area contributed by atoms with E-state index in [1.807, 2.05) is 0 Å². The number of carbonyl (C=O) groups excluding carboxylic acids is 2. The molecule has 0 unspecified atom stereocenters. The molecule has 0 radical (unpaired) electrons. The Labute approximate surface area is 203 Å². The van der Waals surface area contributed by atoms with Gasteiger partial charge in [0.1, 0.15) is 12.2 Å². The number of Topliss-reactive ketones (excluding diaryl/α,β-unsaturated/α-hetero) is 1. The molecule has 0 aliphatic heterocycles. The Hall–Kier alpha value is -2.07. The molecule has 4 aliphatic carbocycles. The summed E-state index contributed by atoms with van der Waals surface area (Å²) in [6.07, 6.45) is -0.645. The molecule has 0 bridgehead atoms. The van der Waals surface area contributed by atoms with Gasteiger partial charge in [0, 0.05) is 36.7 Å². The van der Waals surface area contributed by atoms with Gasteiger partial charge in [-0.1, -0.05) is 6.92 Å². The standard InChI is InChI=1S/C26H34O9/c1-13(27)35-18-11-23(2)20-16(6-8-25(23,32)10-17(18)28)26(33)9-7-15(14-4-5-19(29)34-12-14)24(26,3)22(31)21(20)30/h4-5,12,15-18,20-21,28,30,32-33H,6-11H2,1-3H3/t15-,16-,17-,18+,20-,21+,23-,24+,25+,26+/m1/s1. The highest BCUT2D eigenvalue weighted by atomic mass is 16.6. The third-order valence-corrected chi connectivity index (χ3v) is 10.3. The number of esters is 1. The largest absolute Gasteiger partial charge is 0.460 e. The molecule has 0 aromatic carbocycles. The lowest BCUT2D eigenvalue weighted by molar-refractivity contribution is -0.278. The fraction of sp³-hybridized carbons (Fsp3) is 0.731. The van der Waals surface area contributed by atoms with Gasteiger partial charge in [-0.25, -0.2) is 4.79 Å². The highest BCUT2D eigenvalue weighted by Crippen LogP contribution is 2.70. The predicted octanol–water partition coefficient (Wildman–Crippen LogP) is 1.05. The van der Waals surface area contributed by atoms with Crippen molar-refractivity contribution in [2.45, 2.75) is 94.7 Å². The number of ketones is 1. The maximum atomic E-state index is 14.0. The van der Waals surface area contributed by atoms with Crippen molar-refractivity contribution in [3.63, 3.8) is 0 Å². The lowest BCUT2D eigenvalue weighted by atomic mass is 9.40. The first-order valence-electron chi connectivity index (χ1n) is 12.4. The van der Waals surface area contributed by atoms with Crippen LogP contribution in [0.4, 0.5) is 0 Å². The minimum absolute atomic E-state index is 0.0487. The molecule has 1 aromatic rings. The van der Waals surface area contributed by atoms with E-state index in [9.17, 15) is 34.8 Å². The average Bonchev–Trinajstić information content (AvgIpc) is 3.06. The summed E-state index contributed by atoms with van der Waals surface area (Å²) < 4.78 is 10.4. The van der Waals surface area contributed by atoms with Crippen molar-refractivity contribution >= 4 is 11.8 Å². The van der Waals surface area contributed by atoms with Crippen LogP contribution in [-0.4, -0.2) is 61.7 Å². The van der Waals surface area contributed by atoms with E-state index in [1.165, 1.54) is 19.3 Å².